The van der Waals surface area contributed by atoms with E-state index in [0.717, 1.165) is 0 Å². The number of hydrogen-bond donors (Lipinski definition) is 4. The van der Waals surface area contributed by atoms with Crippen LogP contribution in [0.2, 0.25) is 0 Å². The van der Waals surface area contributed by atoms with Crippen LogP contribution in [0.4, 0.5) is 0 Å². The monoisotopic (exact) mass is 184 g/mol. The van der Waals surface area contributed by atoms with Crippen LogP contribution < -0.4 is 11.2 Å². The van der Waals surface area contributed by atoms with Crippen LogP contribution in [-0.2, 0) is 14.2 Å². The summed E-state index contributed by atoms with van der Waals surface area (Å²) in [5, 5.41) is 2.16. The Bertz CT molecular complexity index is 177. The van der Waals surface area contributed by atoms with Crippen molar-refractivity contribution < 1.29 is 24.0 Å². The SMILES string of the molecule is NOC(=O)CNCP(=O)(O)O. The fraction of sp³-hybridized carbons (Fsp3) is 0.667. The van der Waals surface area contributed by atoms with Crippen LogP contribution in [0.1, 0.15) is 0 Å². The first-order valence-corrected chi connectivity index (χ1v) is 4.40. The number of nitrogens with two attached hydrogens (primary N) is 1. The van der Waals surface area contributed by atoms with Crippen LogP contribution in [0, 0.1) is 0 Å². The summed E-state index contributed by atoms with van der Waals surface area (Å²) in [5.74, 6) is 3.66. The summed E-state index contributed by atoms with van der Waals surface area (Å²) < 4.78 is 10.1. The molecule has 5 N–H and O–H groups in total. The second kappa shape index (κ2) is 4.42. The van der Waals surface area contributed by atoms with Crippen LogP contribution in [0.15, 0.2) is 0 Å². The summed E-state index contributed by atoms with van der Waals surface area (Å²) in [6.45, 7) is -0.318. The third-order valence-electron chi connectivity index (χ3n) is 0.719. The zero-order chi connectivity index (χ0) is 8.91. The maximum atomic E-state index is 10.2. The highest BCUT2D eigenvalue weighted by atomic mass is 31.2. The number of carbonyl (C=O) groups excluding carboxylic acids is 1. The van der Waals surface area contributed by atoms with Crippen LogP contribution in [-0.4, -0.2) is 28.6 Å². The fourth-order valence-electron chi connectivity index (χ4n) is 0.345. The highest BCUT2D eigenvalue weighted by Crippen LogP contribution is 2.31. The molecular formula is C3H9N2O5P. The molecule has 0 unspecified atom stereocenters. The van der Waals surface area contributed by atoms with Crippen LogP contribution in [0.5, 0.6) is 0 Å². The third kappa shape index (κ3) is 7.44. The van der Waals surface area contributed by atoms with Gasteiger partial charge >= 0.3 is 13.6 Å². The van der Waals surface area contributed by atoms with Gasteiger partial charge in [-0.2, -0.15) is 5.90 Å². The Morgan fingerprint density at radius 1 is 1.64 bits per heavy atom. The van der Waals surface area contributed by atoms with Crippen molar-refractivity contribution in [3.8, 4) is 0 Å². The van der Waals surface area contributed by atoms with Gasteiger partial charge in [-0.3, -0.25) is 9.88 Å². The maximum Gasteiger partial charge on any atom is 0.339 e. The summed E-state index contributed by atoms with van der Waals surface area (Å²) in [6.07, 6.45) is -0.567. The van der Waals surface area contributed by atoms with E-state index in [2.05, 4.69) is 16.1 Å². The van der Waals surface area contributed by atoms with Crippen molar-refractivity contribution in [2.24, 2.45) is 5.90 Å². The van der Waals surface area contributed by atoms with Crippen LogP contribution >= 0.6 is 7.60 Å². The van der Waals surface area contributed by atoms with E-state index >= 15 is 0 Å². The molecule has 0 atom stereocenters. The molecule has 0 spiro atoms. The minimum Gasteiger partial charge on any atom is -0.372 e. The molecule has 0 bridgehead atoms. The molecule has 0 heterocycles. The van der Waals surface area contributed by atoms with E-state index in [1.54, 1.807) is 0 Å². The molecule has 0 saturated heterocycles. The minimum atomic E-state index is -4.09. The highest BCUT2D eigenvalue weighted by Gasteiger charge is 2.12. The number of rotatable bonds is 4. The van der Waals surface area contributed by atoms with Gasteiger partial charge in [0.05, 0.1) is 12.8 Å². The minimum absolute atomic E-state index is 0.318. The molecular weight excluding hydrogens is 175 g/mol. The highest BCUT2D eigenvalue weighted by molar-refractivity contribution is 7.51. The second-order valence-electron chi connectivity index (χ2n) is 1.74. The molecule has 7 nitrogen and oxygen atoms in total. The lowest BCUT2D eigenvalue weighted by Crippen LogP contribution is -2.27. The summed E-state index contributed by atoms with van der Waals surface area (Å²) in [6, 6.07) is 0. The molecule has 0 amide bonds. The summed E-state index contributed by atoms with van der Waals surface area (Å²) >= 11 is 0. The van der Waals surface area contributed by atoms with Gasteiger partial charge in [-0.25, -0.2) is 4.79 Å². The molecule has 8 heteroatoms. The second-order valence-corrected chi connectivity index (χ2v) is 3.39. The van der Waals surface area contributed by atoms with E-state index in [-0.39, 0.29) is 6.54 Å². The van der Waals surface area contributed by atoms with Gasteiger partial charge < -0.3 is 14.6 Å². The van der Waals surface area contributed by atoms with Gasteiger partial charge in [0, 0.05) is 0 Å². The first kappa shape index (κ1) is 10.5. The molecule has 0 aliphatic carbocycles. The van der Waals surface area contributed by atoms with Crippen molar-refractivity contribution in [2.75, 3.05) is 12.8 Å². The molecule has 0 aromatic carbocycles. The Morgan fingerprint density at radius 3 is 2.55 bits per heavy atom. The summed E-state index contributed by atoms with van der Waals surface area (Å²) in [4.78, 5) is 30.5. The van der Waals surface area contributed by atoms with Crippen molar-refractivity contribution >= 4 is 13.6 Å². The van der Waals surface area contributed by atoms with Crippen molar-refractivity contribution in [1.82, 2.24) is 5.32 Å². The van der Waals surface area contributed by atoms with E-state index < -0.39 is 19.9 Å². The average Bonchev–Trinajstić information content (AvgIpc) is 1.85. The van der Waals surface area contributed by atoms with Gasteiger partial charge in [0.1, 0.15) is 0 Å². The normalized spacial score (nSPS) is 11.2. The lowest BCUT2D eigenvalue weighted by molar-refractivity contribution is -0.142. The number of hydrogen-bond acceptors (Lipinski definition) is 5. The molecule has 0 aliphatic rings. The zero-order valence-electron chi connectivity index (χ0n) is 5.56. The number of carbonyl (C=O) groups is 1. The van der Waals surface area contributed by atoms with Crippen molar-refractivity contribution in [1.29, 1.82) is 0 Å². The van der Waals surface area contributed by atoms with Crippen LogP contribution in [0.25, 0.3) is 0 Å². The van der Waals surface area contributed by atoms with Gasteiger partial charge in [-0.05, 0) is 0 Å². The quantitative estimate of drug-likeness (QED) is 0.298. The van der Waals surface area contributed by atoms with E-state index in [1.807, 2.05) is 0 Å². The average molecular weight is 184 g/mol. The molecule has 0 aliphatic heterocycles. The Hall–Kier alpha value is -0.460. The lowest BCUT2D eigenvalue weighted by Gasteiger charge is -2.03. The third-order valence-corrected chi connectivity index (χ3v) is 1.35. The topological polar surface area (TPSA) is 122 Å². The fourth-order valence-corrected chi connectivity index (χ4v) is 0.748. The number of nitrogens with one attached hydrogen (secondary N) is 1. The molecule has 11 heavy (non-hydrogen) atoms. The molecule has 0 aromatic rings. The maximum absolute atomic E-state index is 10.2. The Balaban J connectivity index is 3.43. The summed E-state index contributed by atoms with van der Waals surface area (Å²) in [7, 11) is -4.09. The van der Waals surface area contributed by atoms with Crippen molar-refractivity contribution in [2.45, 2.75) is 0 Å². The molecule has 66 valence electrons. The largest absolute Gasteiger partial charge is 0.372 e. The Morgan fingerprint density at radius 2 is 2.18 bits per heavy atom. The van der Waals surface area contributed by atoms with Gasteiger partial charge in [0.2, 0.25) is 0 Å². The van der Waals surface area contributed by atoms with Gasteiger partial charge in [-0.1, -0.05) is 0 Å². The van der Waals surface area contributed by atoms with Gasteiger partial charge in [0.25, 0.3) is 0 Å². The lowest BCUT2D eigenvalue weighted by atomic mass is 10.7. The first-order valence-electron chi connectivity index (χ1n) is 2.60. The predicted molar refractivity (Wildman–Crippen MR) is 35.2 cm³/mol. The van der Waals surface area contributed by atoms with E-state index in [1.165, 1.54) is 0 Å². The van der Waals surface area contributed by atoms with Crippen LogP contribution in [0.3, 0.4) is 0 Å². The van der Waals surface area contributed by atoms with Crippen molar-refractivity contribution in [3.05, 3.63) is 0 Å². The first-order chi connectivity index (χ1) is 4.95. The van der Waals surface area contributed by atoms with E-state index in [4.69, 9.17) is 9.79 Å². The predicted octanol–water partition coefficient (Wildman–Crippen LogP) is -1.87. The molecule has 0 saturated carbocycles. The summed E-state index contributed by atoms with van der Waals surface area (Å²) in [5.41, 5.74) is 0. The van der Waals surface area contributed by atoms with E-state index in [9.17, 15) is 9.36 Å². The molecule has 0 fully saturated rings. The van der Waals surface area contributed by atoms with Gasteiger partial charge in [-0.15, -0.1) is 0 Å². The smallest absolute Gasteiger partial charge is 0.339 e. The molecule has 0 aromatic heterocycles. The van der Waals surface area contributed by atoms with E-state index in [0.29, 0.717) is 0 Å². The Kier molecular flexibility index (Phi) is 4.24. The molecule has 0 radical (unpaired) electrons. The zero-order valence-corrected chi connectivity index (χ0v) is 6.45. The van der Waals surface area contributed by atoms with Gasteiger partial charge in [0.15, 0.2) is 0 Å². The van der Waals surface area contributed by atoms with Crippen molar-refractivity contribution in [3.63, 3.8) is 0 Å². The molecule has 0 rings (SSSR count). The Labute approximate surface area is 62.6 Å². The standard InChI is InChI=1S/C3H9N2O5P/c4-10-3(6)1-5-2-11(7,8)9/h5H,1-2,4H2,(H2,7,8,9).